The van der Waals surface area contributed by atoms with E-state index in [4.69, 9.17) is 10.8 Å². The zero-order chi connectivity index (χ0) is 39.0. The van der Waals surface area contributed by atoms with Crippen LogP contribution in [0.1, 0.15) is 100 Å². The number of carboxylic acid groups (broad SMARTS) is 1. The van der Waals surface area contributed by atoms with Gasteiger partial charge in [-0.2, -0.15) is 0 Å². The highest BCUT2D eigenvalue weighted by molar-refractivity contribution is 6.37. The Bertz CT molecular complexity index is 1850. The molecule has 290 valence electrons. The molecule has 17 nitrogen and oxygen atoms in total. The molecule has 1 unspecified atom stereocenters. The third kappa shape index (κ3) is 9.94. The van der Waals surface area contributed by atoms with E-state index in [2.05, 4.69) is 31.2 Å². The molecule has 2 aromatic heterocycles. The molecule has 17 heteroatoms. The first kappa shape index (κ1) is 39.8. The molecule has 2 fully saturated rings. The number of rotatable bonds is 16. The Hall–Kier alpha value is -5.45. The molecule has 1 saturated carbocycles. The Morgan fingerprint density at radius 3 is 2.48 bits per heavy atom. The van der Waals surface area contributed by atoms with E-state index in [0.717, 1.165) is 37.5 Å². The van der Waals surface area contributed by atoms with Crippen molar-refractivity contribution in [3.63, 3.8) is 0 Å². The topological polar surface area (TPSA) is 252 Å². The fourth-order valence-corrected chi connectivity index (χ4v) is 7.44. The van der Waals surface area contributed by atoms with Gasteiger partial charge in [0, 0.05) is 36.7 Å². The summed E-state index contributed by atoms with van der Waals surface area (Å²) in [5.41, 5.74) is 5.26. The van der Waals surface area contributed by atoms with Gasteiger partial charge in [-0.1, -0.05) is 49.5 Å². The standard InChI is InChI=1S/C37H49N9O8/c1-37(2,54)30-20-41-44-46(30)25-19-29(34(50)42-26(31(47)32(38)48)12-6-7-15-40-36(52)53)45(21-25)35(51)28(17-22-9-4-3-5-10-22)43-33(49)24-14-13-23-11-8-16-39-27(23)18-24/h8,11,13-14,16,18,20,22,25-26,28-29,40,54H,3-7,9-10,12,15,17,19,21H2,1-2H3,(H2,38,48)(H,42,50)(H,43,49)(H,52,53)/t25-,26?,28+,29-/m0/s1. The summed E-state index contributed by atoms with van der Waals surface area (Å²) in [7, 11) is 0. The van der Waals surface area contributed by atoms with Gasteiger partial charge in [-0.25, -0.2) is 9.48 Å². The van der Waals surface area contributed by atoms with Crippen LogP contribution in [0.2, 0.25) is 0 Å². The van der Waals surface area contributed by atoms with Crippen LogP contribution in [0.3, 0.4) is 0 Å². The van der Waals surface area contributed by atoms with Crippen molar-refractivity contribution in [2.24, 2.45) is 11.7 Å². The lowest BCUT2D eigenvalue weighted by atomic mass is 9.84. The minimum atomic E-state index is -1.36. The number of nitrogens with zero attached hydrogens (tertiary/aromatic N) is 5. The summed E-state index contributed by atoms with van der Waals surface area (Å²) in [6, 6.07) is 4.65. The molecule has 54 heavy (non-hydrogen) atoms. The Morgan fingerprint density at radius 1 is 1.02 bits per heavy atom. The average Bonchev–Trinajstić information content (AvgIpc) is 3.82. The monoisotopic (exact) mass is 747 g/mol. The van der Waals surface area contributed by atoms with E-state index in [-0.39, 0.29) is 38.3 Å². The van der Waals surface area contributed by atoms with Crippen LogP contribution in [0, 0.1) is 5.92 Å². The lowest BCUT2D eigenvalue weighted by Gasteiger charge is -2.32. The Labute approximate surface area is 312 Å². The molecule has 1 aromatic carbocycles. The summed E-state index contributed by atoms with van der Waals surface area (Å²) in [6.45, 7) is 3.19. The highest BCUT2D eigenvalue weighted by atomic mass is 16.4. The zero-order valence-electron chi connectivity index (χ0n) is 30.6. The summed E-state index contributed by atoms with van der Waals surface area (Å²) in [6.07, 6.45) is 7.64. The van der Waals surface area contributed by atoms with Gasteiger partial charge >= 0.3 is 6.09 Å². The number of unbranched alkanes of at least 4 members (excludes halogenated alkanes) is 1. The van der Waals surface area contributed by atoms with Crippen LogP contribution in [0.5, 0.6) is 0 Å². The maximum atomic E-state index is 14.8. The predicted octanol–water partition coefficient (Wildman–Crippen LogP) is 1.94. The van der Waals surface area contributed by atoms with Gasteiger partial charge in [0.15, 0.2) is 0 Å². The van der Waals surface area contributed by atoms with Crippen LogP contribution in [0.15, 0.2) is 42.7 Å². The van der Waals surface area contributed by atoms with Crippen LogP contribution >= 0.6 is 0 Å². The molecule has 5 rings (SSSR count). The number of ketones is 1. The van der Waals surface area contributed by atoms with E-state index < -0.39 is 65.3 Å². The minimum Gasteiger partial charge on any atom is -0.465 e. The minimum absolute atomic E-state index is 0.00812. The van der Waals surface area contributed by atoms with Crippen molar-refractivity contribution in [2.75, 3.05) is 13.1 Å². The Morgan fingerprint density at radius 2 is 1.78 bits per heavy atom. The number of hydrogen-bond acceptors (Lipinski definition) is 10. The molecule has 5 amide bonds. The van der Waals surface area contributed by atoms with E-state index in [1.165, 1.54) is 15.8 Å². The summed E-state index contributed by atoms with van der Waals surface area (Å²) in [5, 5.41) is 36.6. The molecule has 1 saturated heterocycles. The largest absolute Gasteiger partial charge is 0.465 e. The van der Waals surface area contributed by atoms with Crippen molar-refractivity contribution < 1.29 is 39.0 Å². The van der Waals surface area contributed by atoms with Gasteiger partial charge in [0.05, 0.1) is 29.5 Å². The van der Waals surface area contributed by atoms with E-state index in [9.17, 15) is 33.9 Å². The Balaban J connectivity index is 1.44. The van der Waals surface area contributed by atoms with Gasteiger partial charge in [-0.15, -0.1) is 5.10 Å². The number of aromatic nitrogens is 4. The van der Waals surface area contributed by atoms with Crippen LogP contribution in [-0.4, -0.2) is 102 Å². The molecule has 0 radical (unpaired) electrons. The highest BCUT2D eigenvalue weighted by Crippen LogP contribution is 2.33. The van der Waals surface area contributed by atoms with Crippen molar-refractivity contribution in [3.8, 4) is 0 Å². The third-order valence-electron chi connectivity index (χ3n) is 10.2. The first-order valence-electron chi connectivity index (χ1n) is 18.4. The van der Waals surface area contributed by atoms with Crippen LogP contribution in [-0.2, 0) is 24.8 Å². The van der Waals surface area contributed by atoms with Crippen LogP contribution in [0.4, 0.5) is 4.79 Å². The number of nitrogens with two attached hydrogens (primary N) is 1. The lowest BCUT2D eigenvalue weighted by molar-refractivity contribution is -0.142. The maximum Gasteiger partial charge on any atom is 0.404 e. The summed E-state index contributed by atoms with van der Waals surface area (Å²) in [5.74, 6) is -3.83. The molecular formula is C37H49N9O8. The number of primary amides is 1. The number of benzene rings is 1. The SMILES string of the molecule is CC(C)(O)c1cnnn1[C@H]1C[C@@H](C(=O)NC(CCCCNC(=O)O)C(=O)C(N)=O)N(C(=O)[C@@H](CC2CCCCC2)NC(=O)c2ccc3cccnc3c2)C1. The number of likely N-dealkylation sites (tertiary alicyclic amines) is 1. The molecule has 0 bridgehead atoms. The van der Waals surface area contributed by atoms with E-state index in [1.807, 2.05) is 6.07 Å². The molecule has 1 aliphatic carbocycles. The fraction of sp³-hybridized carbons (Fsp3) is 0.541. The number of hydrogen-bond donors (Lipinski definition) is 6. The smallest absolute Gasteiger partial charge is 0.404 e. The Kier molecular flexibility index (Phi) is 12.9. The molecule has 0 spiro atoms. The van der Waals surface area contributed by atoms with Crippen molar-refractivity contribution >= 4 is 46.4 Å². The highest BCUT2D eigenvalue weighted by Gasteiger charge is 2.45. The number of pyridine rings is 1. The summed E-state index contributed by atoms with van der Waals surface area (Å²) in [4.78, 5) is 84.1. The van der Waals surface area contributed by atoms with Crippen molar-refractivity contribution in [1.29, 1.82) is 0 Å². The van der Waals surface area contributed by atoms with Gasteiger partial charge in [-0.3, -0.25) is 29.0 Å². The van der Waals surface area contributed by atoms with Crippen LogP contribution < -0.4 is 21.7 Å². The van der Waals surface area contributed by atoms with E-state index >= 15 is 0 Å². The van der Waals surface area contributed by atoms with Gasteiger partial charge < -0.3 is 36.8 Å². The van der Waals surface area contributed by atoms with Crippen molar-refractivity contribution in [1.82, 2.24) is 40.8 Å². The first-order chi connectivity index (χ1) is 25.7. The van der Waals surface area contributed by atoms with E-state index in [0.29, 0.717) is 29.6 Å². The summed E-state index contributed by atoms with van der Waals surface area (Å²) >= 11 is 0. The number of amides is 5. The molecule has 2 aliphatic rings. The second-order valence-electron chi connectivity index (χ2n) is 14.7. The fourth-order valence-electron chi connectivity index (χ4n) is 7.44. The second kappa shape index (κ2) is 17.6. The molecule has 3 heterocycles. The molecule has 3 aromatic rings. The molecule has 1 aliphatic heterocycles. The van der Waals surface area contributed by atoms with Crippen LogP contribution in [0.25, 0.3) is 10.9 Å². The predicted molar refractivity (Wildman–Crippen MR) is 195 cm³/mol. The summed E-state index contributed by atoms with van der Waals surface area (Å²) < 4.78 is 1.48. The number of carbonyl (C=O) groups is 6. The first-order valence-corrected chi connectivity index (χ1v) is 18.4. The van der Waals surface area contributed by atoms with Crippen molar-refractivity contribution in [2.45, 2.75) is 108 Å². The van der Waals surface area contributed by atoms with Gasteiger partial charge in [-0.05, 0) is 63.6 Å². The van der Waals surface area contributed by atoms with Gasteiger partial charge in [0.2, 0.25) is 17.6 Å². The molecule has 4 atom stereocenters. The molecular weight excluding hydrogens is 698 g/mol. The zero-order valence-corrected chi connectivity index (χ0v) is 30.6. The quantitative estimate of drug-likeness (QED) is 0.0912. The van der Waals surface area contributed by atoms with Crippen molar-refractivity contribution in [3.05, 3.63) is 54.0 Å². The number of Topliss-reactive ketones (excluding diaryl/α,β-unsaturated/α-hetero) is 1. The second-order valence-corrected chi connectivity index (χ2v) is 14.7. The molecule has 7 N–H and O–H groups in total. The average molecular weight is 748 g/mol. The van der Waals surface area contributed by atoms with Gasteiger partial charge in [0.25, 0.3) is 11.8 Å². The normalized spacial score (nSPS) is 18.8. The lowest BCUT2D eigenvalue weighted by Crippen LogP contribution is -2.56. The number of nitrogens with one attached hydrogen (secondary N) is 3. The van der Waals surface area contributed by atoms with Gasteiger partial charge in [0.1, 0.15) is 17.7 Å². The number of fused-ring (bicyclic) bond motifs is 1. The maximum absolute atomic E-state index is 14.8. The third-order valence-corrected chi connectivity index (χ3v) is 10.2. The number of carbonyl (C=O) groups excluding carboxylic acids is 5. The number of aliphatic hydroxyl groups is 1. The van der Waals surface area contributed by atoms with E-state index in [1.54, 1.807) is 44.3 Å².